The van der Waals surface area contributed by atoms with Gasteiger partial charge in [-0.3, -0.25) is 0 Å². The van der Waals surface area contributed by atoms with Crippen molar-refractivity contribution in [2.75, 3.05) is 24.6 Å². The summed E-state index contributed by atoms with van der Waals surface area (Å²) in [5, 5.41) is 3.76. The van der Waals surface area contributed by atoms with Gasteiger partial charge in [-0.25, -0.2) is 4.79 Å². The Morgan fingerprint density at radius 3 is 2.58 bits per heavy atom. The van der Waals surface area contributed by atoms with Crippen LogP contribution >= 0.6 is 11.8 Å². The van der Waals surface area contributed by atoms with E-state index in [0.717, 1.165) is 25.9 Å². The summed E-state index contributed by atoms with van der Waals surface area (Å²) in [7, 11) is 0. The highest BCUT2D eigenvalue weighted by Crippen LogP contribution is 2.19. The summed E-state index contributed by atoms with van der Waals surface area (Å²) >= 11 is 2.06. The molecule has 1 atom stereocenters. The Morgan fingerprint density at radius 1 is 1.26 bits per heavy atom. The predicted octanol–water partition coefficient (Wildman–Crippen LogP) is 2.48. The highest BCUT2D eigenvalue weighted by atomic mass is 32.2. The average molecular weight is 286 g/mol. The fourth-order valence-corrected chi connectivity index (χ4v) is 3.80. The lowest BCUT2D eigenvalue weighted by atomic mass is 10.0. The summed E-state index contributed by atoms with van der Waals surface area (Å²) in [6.07, 6.45) is 4.57. The molecule has 0 aliphatic carbocycles. The van der Waals surface area contributed by atoms with Gasteiger partial charge in [0.05, 0.1) is 6.10 Å². The van der Waals surface area contributed by atoms with Crippen molar-refractivity contribution < 1.29 is 9.53 Å². The summed E-state index contributed by atoms with van der Waals surface area (Å²) in [5.74, 6) is 2.56. The molecular formula is C14H26N2O2S. The molecule has 0 aromatic rings. The SMILES string of the molecule is CC(C)OC(=O)N1CCC(N[C@@H]2CCCSC2)CC1. The van der Waals surface area contributed by atoms with Crippen molar-refractivity contribution in [3.8, 4) is 0 Å². The Balaban J connectivity index is 1.68. The molecule has 1 amide bonds. The smallest absolute Gasteiger partial charge is 0.410 e. The highest BCUT2D eigenvalue weighted by molar-refractivity contribution is 7.99. The molecule has 2 aliphatic heterocycles. The van der Waals surface area contributed by atoms with Gasteiger partial charge in [0.25, 0.3) is 0 Å². The third-order valence-electron chi connectivity index (χ3n) is 3.72. The molecule has 2 aliphatic rings. The largest absolute Gasteiger partial charge is 0.447 e. The Hall–Kier alpha value is -0.420. The van der Waals surface area contributed by atoms with Gasteiger partial charge in [-0.05, 0) is 45.3 Å². The van der Waals surface area contributed by atoms with Crippen LogP contribution in [0.15, 0.2) is 0 Å². The Labute approximate surface area is 120 Å². The molecule has 0 radical (unpaired) electrons. The first-order chi connectivity index (χ1) is 9.15. The Morgan fingerprint density at radius 2 is 2.00 bits per heavy atom. The highest BCUT2D eigenvalue weighted by Gasteiger charge is 2.26. The second kappa shape index (κ2) is 7.39. The lowest BCUT2D eigenvalue weighted by Gasteiger charge is -2.35. The summed E-state index contributed by atoms with van der Waals surface area (Å²) < 4.78 is 5.24. The van der Waals surface area contributed by atoms with Gasteiger partial charge in [0.1, 0.15) is 0 Å². The second-order valence-electron chi connectivity index (χ2n) is 5.77. The number of rotatable bonds is 3. The van der Waals surface area contributed by atoms with Crippen LogP contribution in [0.5, 0.6) is 0 Å². The molecule has 0 spiro atoms. The van der Waals surface area contributed by atoms with Gasteiger partial charge >= 0.3 is 6.09 Å². The Kier molecular flexibility index (Phi) is 5.82. The quantitative estimate of drug-likeness (QED) is 0.865. The number of carbonyl (C=O) groups excluding carboxylic acids is 1. The van der Waals surface area contributed by atoms with Gasteiger partial charge in [-0.15, -0.1) is 0 Å². The van der Waals surface area contributed by atoms with Crippen molar-refractivity contribution in [1.82, 2.24) is 10.2 Å². The standard InChI is InChI=1S/C14H26N2O2S/c1-11(2)18-14(17)16-7-5-12(6-8-16)15-13-4-3-9-19-10-13/h11-13,15H,3-10H2,1-2H3/t13-/m1/s1. The summed E-state index contributed by atoms with van der Waals surface area (Å²) in [6, 6.07) is 1.25. The molecule has 2 saturated heterocycles. The van der Waals surface area contributed by atoms with Crippen molar-refractivity contribution in [2.24, 2.45) is 0 Å². The van der Waals surface area contributed by atoms with Gasteiger partial charge in [-0.2, -0.15) is 11.8 Å². The summed E-state index contributed by atoms with van der Waals surface area (Å²) in [4.78, 5) is 13.6. The van der Waals surface area contributed by atoms with Gasteiger partial charge in [0, 0.05) is 30.9 Å². The number of nitrogens with zero attached hydrogens (tertiary/aromatic N) is 1. The van der Waals surface area contributed by atoms with Gasteiger partial charge in [-0.1, -0.05) is 0 Å². The zero-order chi connectivity index (χ0) is 13.7. The van der Waals surface area contributed by atoms with Crippen LogP contribution in [-0.2, 0) is 4.74 Å². The number of likely N-dealkylation sites (tertiary alicyclic amines) is 1. The van der Waals surface area contributed by atoms with E-state index < -0.39 is 0 Å². The lowest BCUT2D eigenvalue weighted by Crippen LogP contribution is -2.49. The normalized spacial score (nSPS) is 25.6. The molecule has 19 heavy (non-hydrogen) atoms. The van der Waals surface area contributed by atoms with Crippen LogP contribution in [0.4, 0.5) is 4.79 Å². The molecule has 0 aromatic carbocycles. The van der Waals surface area contributed by atoms with Crippen molar-refractivity contribution in [2.45, 2.75) is 57.7 Å². The number of nitrogens with one attached hydrogen (secondary N) is 1. The van der Waals surface area contributed by atoms with Gasteiger partial charge < -0.3 is 15.0 Å². The summed E-state index contributed by atoms with van der Waals surface area (Å²) in [6.45, 7) is 5.44. The van der Waals surface area contributed by atoms with E-state index >= 15 is 0 Å². The van der Waals surface area contributed by atoms with Crippen molar-refractivity contribution >= 4 is 17.9 Å². The maximum Gasteiger partial charge on any atom is 0.410 e. The molecule has 0 unspecified atom stereocenters. The number of thioether (sulfide) groups is 1. The van der Waals surface area contributed by atoms with E-state index in [1.807, 2.05) is 18.7 Å². The molecule has 5 heteroatoms. The van der Waals surface area contributed by atoms with Crippen LogP contribution in [0.2, 0.25) is 0 Å². The number of amides is 1. The fourth-order valence-electron chi connectivity index (χ4n) is 2.71. The van der Waals surface area contributed by atoms with Gasteiger partial charge in [0.2, 0.25) is 0 Å². The zero-order valence-electron chi connectivity index (χ0n) is 12.1. The summed E-state index contributed by atoms with van der Waals surface area (Å²) in [5.41, 5.74) is 0. The van der Waals surface area contributed by atoms with E-state index in [1.54, 1.807) is 0 Å². The molecule has 0 bridgehead atoms. The molecular weight excluding hydrogens is 260 g/mol. The molecule has 110 valence electrons. The number of piperidine rings is 1. The number of hydrogen-bond donors (Lipinski definition) is 1. The van der Waals surface area contributed by atoms with Crippen LogP contribution in [0, 0.1) is 0 Å². The fraction of sp³-hybridized carbons (Fsp3) is 0.929. The molecule has 2 rings (SSSR count). The third kappa shape index (κ3) is 4.88. The maximum atomic E-state index is 11.8. The van der Waals surface area contributed by atoms with Crippen LogP contribution in [-0.4, -0.2) is 53.8 Å². The van der Waals surface area contributed by atoms with E-state index in [2.05, 4.69) is 17.1 Å². The minimum Gasteiger partial charge on any atom is -0.447 e. The molecule has 1 N–H and O–H groups in total. The molecule has 0 saturated carbocycles. The minimum absolute atomic E-state index is 0.0254. The van der Waals surface area contributed by atoms with Crippen LogP contribution in [0.25, 0.3) is 0 Å². The molecule has 0 aromatic heterocycles. The third-order valence-corrected chi connectivity index (χ3v) is 4.94. The predicted molar refractivity (Wildman–Crippen MR) is 79.7 cm³/mol. The minimum atomic E-state index is -0.151. The number of carbonyl (C=O) groups is 1. The van der Waals surface area contributed by atoms with Crippen LogP contribution in [0.1, 0.15) is 39.5 Å². The lowest BCUT2D eigenvalue weighted by molar-refractivity contribution is 0.0673. The van der Waals surface area contributed by atoms with E-state index in [1.165, 1.54) is 24.3 Å². The van der Waals surface area contributed by atoms with Crippen LogP contribution in [0.3, 0.4) is 0 Å². The monoisotopic (exact) mass is 286 g/mol. The van der Waals surface area contributed by atoms with E-state index in [-0.39, 0.29) is 12.2 Å². The van der Waals surface area contributed by atoms with E-state index in [4.69, 9.17) is 4.74 Å². The van der Waals surface area contributed by atoms with Crippen molar-refractivity contribution in [3.05, 3.63) is 0 Å². The van der Waals surface area contributed by atoms with Crippen LogP contribution < -0.4 is 5.32 Å². The first-order valence-corrected chi connectivity index (χ1v) is 8.60. The topological polar surface area (TPSA) is 41.6 Å². The first kappa shape index (κ1) is 15.0. The molecule has 2 fully saturated rings. The first-order valence-electron chi connectivity index (χ1n) is 7.44. The number of ether oxygens (including phenoxy) is 1. The molecule has 2 heterocycles. The van der Waals surface area contributed by atoms with Crippen molar-refractivity contribution in [3.63, 3.8) is 0 Å². The van der Waals surface area contributed by atoms with Crippen molar-refractivity contribution in [1.29, 1.82) is 0 Å². The number of hydrogen-bond acceptors (Lipinski definition) is 4. The maximum absolute atomic E-state index is 11.8. The second-order valence-corrected chi connectivity index (χ2v) is 6.92. The zero-order valence-corrected chi connectivity index (χ0v) is 12.9. The molecule has 4 nitrogen and oxygen atoms in total. The average Bonchev–Trinajstić information content (AvgIpc) is 2.40. The van der Waals surface area contributed by atoms with E-state index in [0.29, 0.717) is 12.1 Å². The van der Waals surface area contributed by atoms with E-state index in [9.17, 15) is 4.79 Å². The Bertz CT molecular complexity index is 285. The van der Waals surface area contributed by atoms with Gasteiger partial charge in [0.15, 0.2) is 0 Å².